The van der Waals surface area contributed by atoms with Crippen LogP contribution in [0.3, 0.4) is 0 Å². The average molecular weight is 388 g/mol. The lowest BCUT2D eigenvalue weighted by Crippen LogP contribution is -2.34. The zero-order valence-electron chi connectivity index (χ0n) is 15.5. The number of nitrogens with zero attached hydrogens (tertiary/aromatic N) is 2. The summed E-state index contributed by atoms with van der Waals surface area (Å²) in [5, 5.41) is 11.2. The summed E-state index contributed by atoms with van der Waals surface area (Å²) in [6, 6.07) is 11.7. The van der Waals surface area contributed by atoms with Gasteiger partial charge in [-0.3, -0.25) is 19.7 Å². The fourth-order valence-electron chi connectivity index (χ4n) is 2.67. The fourth-order valence-corrected chi connectivity index (χ4v) is 2.67. The van der Waals surface area contributed by atoms with Gasteiger partial charge in [0.2, 0.25) is 5.91 Å². The van der Waals surface area contributed by atoms with Crippen LogP contribution in [0.1, 0.15) is 24.5 Å². The minimum Gasteiger partial charge on any atom is -0.466 e. The maximum absolute atomic E-state index is 13.1. The Morgan fingerprint density at radius 2 is 1.82 bits per heavy atom. The number of carbonyl (C=O) groups excluding carboxylic acids is 2. The third kappa shape index (κ3) is 6.15. The second-order valence-corrected chi connectivity index (χ2v) is 6.06. The van der Waals surface area contributed by atoms with Crippen LogP contribution in [0.25, 0.3) is 0 Å². The highest BCUT2D eigenvalue weighted by atomic mass is 19.1. The predicted octanol–water partition coefficient (Wildman–Crippen LogP) is 3.26. The number of hydrogen-bond acceptors (Lipinski definition) is 5. The van der Waals surface area contributed by atoms with Crippen molar-refractivity contribution in [3.63, 3.8) is 0 Å². The molecule has 0 N–H and O–H groups in total. The van der Waals surface area contributed by atoms with Crippen molar-refractivity contribution in [2.45, 2.75) is 26.3 Å². The molecular formula is C20H21FN2O5. The smallest absolute Gasteiger partial charge is 0.307 e. The normalized spacial score (nSPS) is 10.4. The van der Waals surface area contributed by atoms with E-state index in [0.717, 1.165) is 0 Å². The van der Waals surface area contributed by atoms with Crippen LogP contribution < -0.4 is 0 Å². The molecule has 2 aromatic carbocycles. The molecule has 0 spiro atoms. The highest BCUT2D eigenvalue weighted by Crippen LogP contribution is 2.19. The van der Waals surface area contributed by atoms with Crippen molar-refractivity contribution in [3.8, 4) is 0 Å². The average Bonchev–Trinajstić information content (AvgIpc) is 2.67. The number of rotatable bonds is 9. The Bertz CT molecular complexity index is 839. The van der Waals surface area contributed by atoms with E-state index in [0.29, 0.717) is 5.56 Å². The van der Waals surface area contributed by atoms with Gasteiger partial charge in [0.05, 0.1) is 24.4 Å². The van der Waals surface area contributed by atoms with Gasteiger partial charge in [0.25, 0.3) is 5.69 Å². The number of esters is 1. The summed E-state index contributed by atoms with van der Waals surface area (Å²) in [4.78, 5) is 36.5. The van der Waals surface area contributed by atoms with E-state index >= 15 is 0 Å². The molecular weight excluding hydrogens is 367 g/mol. The van der Waals surface area contributed by atoms with E-state index in [1.165, 1.54) is 35.2 Å². The maximum atomic E-state index is 13.1. The molecule has 2 rings (SSSR count). The standard InChI is InChI=1S/C20H21FN2O5/c1-2-28-20(25)11-12-22(14-15-7-9-17(21)10-8-15)19(24)13-16-5-3-4-6-18(16)23(26)27/h3-10H,2,11-14H2,1H3. The molecule has 1 amide bonds. The molecule has 8 heteroatoms. The number of ether oxygens (including phenoxy) is 1. The second kappa shape index (κ2) is 10.1. The quantitative estimate of drug-likeness (QED) is 0.374. The molecule has 7 nitrogen and oxygen atoms in total. The van der Waals surface area contributed by atoms with Crippen molar-refractivity contribution in [2.24, 2.45) is 0 Å². The lowest BCUT2D eigenvalue weighted by atomic mass is 10.1. The Morgan fingerprint density at radius 3 is 2.46 bits per heavy atom. The van der Waals surface area contributed by atoms with Gasteiger partial charge in [-0.15, -0.1) is 0 Å². The Kier molecular flexibility index (Phi) is 7.62. The number of benzene rings is 2. The van der Waals surface area contributed by atoms with Gasteiger partial charge in [0.15, 0.2) is 0 Å². The first kappa shape index (κ1) is 21.0. The van der Waals surface area contributed by atoms with Crippen LogP contribution in [0.4, 0.5) is 10.1 Å². The number of nitro benzene ring substituents is 1. The van der Waals surface area contributed by atoms with Crippen LogP contribution >= 0.6 is 0 Å². The molecule has 0 heterocycles. The number of carbonyl (C=O) groups is 2. The number of para-hydroxylation sites is 1. The van der Waals surface area contributed by atoms with Gasteiger partial charge in [0, 0.05) is 24.7 Å². The van der Waals surface area contributed by atoms with Gasteiger partial charge in [-0.25, -0.2) is 4.39 Å². The first-order valence-electron chi connectivity index (χ1n) is 8.80. The molecule has 0 unspecified atom stereocenters. The molecule has 0 aliphatic rings. The van der Waals surface area contributed by atoms with Crippen molar-refractivity contribution in [2.75, 3.05) is 13.2 Å². The summed E-state index contributed by atoms with van der Waals surface area (Å²) in [6.07, 6.45) is -0.182. The minimum absolute atomic E-state index is 0.00232. The Morgan fingerprint density at radius 1 is 1.14 bits per heavy atom. The van der Waals surface area contributed by atoms with E-state index in [1.807, 2.05) is 0 Å². The second-order valence-electron chi connectivity index (χ2n) is 6.06. The van der Waals surface area contributed by atoms with Crippen LogP contribution in [0.5, 0.6) is 0 Å². The van der Waals surface area contributed by atoms with E-state index in [1.54, 1.807) is 25.1 Å². The molecule has 0 aliphatic heterocycles. The van der Waals surface area contributed by atoms with Crippen LogP contribution in [0.15, 0.2) is 48.5 Å². The largest absolute Gasteiger partial charge is 0.466 e. The zero-order valence-corrected chi connectivity index (χ0v) is 15.5. The Labute approximate surface area is 161 Å². The topological polar surface area (TPSA) is 89.8 Å². The van der Waals surface area contributed by atoms with Gasteiger partial charge in [0.1, 0.15) is 5.82 Å². The van der Waals surface area contributed by atoms with Crippen LogP contribution in [-0.4, -0.2) is 34.9 Å². The molecule has 0 saturated heterocycles. The monoisotopic (exact) mass is 388 g/mol. The van der Waals surface area contributed by atoms with Crippen molar-refractivity contribution in [1.82, 2.24) is 4.90 Å². The third-order valence-electron chi connectivity index (χ3n) is 4.06. The molecule has 0 fully saturated rings. The van der Waals surface area contributed by atoms with E-state index in [9.17, 15) is 24.1 Å². The minimum atomic E-state index is -0.536. The van der Waals surface area contributed by atoms with Gasteiger partial charge < -0.3 is 9.64 Å². The lowest BCUT2D eigenvalue weighted by Gasteiger charge is -2.22. The SMILES string of the molecule is CCOC(=O)CCN(Cc1ccc(F)cc1)C(=O)Cc1ccccc1[N+](=O)[O-]. The van der Waals surface area contributed by atoms with Gasteiger partial charge in [-0.05, 0) is 24.6 Å². The van der Waals surface area contributed by atoms with Crippen LogP contribution in [0, 0.1) is 15.9 Å². The van der Waals surface area contributed by atoms with E-state index < -0.39 is 16.7 Å². The predicted molar refractivity (Wildman–Crippen MR) is 99.9 cm³/mol. The molecule has 148 valence electrons. The van der Waals surface area contributed by atoms with Crippen molar-refractivity contribution >= 4 is 17.6 Å². The summed E-state index contributed by atoms with van der Waals surface area (Å²) in [5.41, 5.74) is 0.835. The summed E-state index contributed by atoms with van der Waals surface area (Å²) in [5.74, 6) is -1.21. The molecule has 28 heavy (non-hydrogen) atoms. The third-order valence-corrected chi connectivity index (χ3v) is 4.06. The first-order valence-corrected chi connectivity index (χ1v) is 8.80. The molecule has 0 saturated carbocycles. The molecule has 0 bridgehead atoms. The molecule has 0 aromatic heterocycles. The Balaban J connectivity index is 2.16. The van der Waals surface area contributed by atoms with E-state index in [-0.39, 0.29) is 49.7 Å². The highest BCUT2D eigenvalue weighted by molar-refractivity contribution is 5.80. The van der Waals surface area contributed by atoms with Crippen molar-refractivity contribution in [1.29, 1.82) is 0 Å². The van der Waals surface area contributed by atoms with Gasteiger partial charge >= 0.3 is 5.97 Å². The summed E-state index contributed by atoms with van der Waals surface area (Å²) in [7, 11) is 0. The van der Waals surface area contributed by atoms with Gasteiger partial charge in [-0.1, -0.05) is 30.3 Å². The molecule has 2 aromatic rings. The number of halogens is 1. The fraction of sp³-hybridized carbons (Fsp3) is 0.300. The number of nitro groups is 1. The van der Waals surface area contributed by atoms with E-state index in [2.05, 4.69) is 0 Å². The van der Waals surface area contributed by atoms with E-state index in [4.69, 9.17) is 4.74 Å². The summed E-state index contributed by atoms with van der Waals surface area (Å²) in [6.45, 7) is 2.17. The van der Waals surface area contributed by atoms with Gasteiger partial charge in [-0.2, -0.15) is 0 Å². The number of amides is 1. The zero-order chi connectivity index (χ0) is 20.5. The molecule has 0 radical (unpaired) electrons. The maximum Gasteiger partial charge on any atom is 0.307 e. The van der Waals surface area contributed by atoms with Crippen molar-refractivity contribution in [3.05, 3.63) is 75.6 Å². The molecule has 0 atom stereocenters. The van der Waals surface area contributed by atoms with Crippen LogP contribution in [0.2, 0.25) is 0 Å². The highest BCUT2D eigenvalue weighted by Gasteiger charge is 2.21. The van der Waals surface area contributed by atoms with Crippen LogP contribution in [-0.2, 0) is 27.3 Å². The first-order chi connectivity index (χ1) is 13.4. The van der Waals surface area contributed by atoms with Crippen molar-refractivity contribution < 1.29 is 23.6 Å². The number of hydrogen-bond donors (Lipinski definition) is 0. The lowest BCUT2D eigenvalue weighted by molar-refractivity contribution is -0.385. The summed E-state index contributed by atoms with van der Waals surface area (Å²) < 4.78 is 18.0. The summed E-state index contributed by atoms with van der Waals surface area (Å²) >= 11 is 0. The molecule has 0 aliphatic carbocycles. The Hall–Kier alpha value is -3.29.